The lowest BCUT2D eigenvalue weighted by atomic mass is 9.64. The van der Waals surface area contributed by atoms with E-state index in [1.807, 2.05) is 12.1 Å². The van der Waals surface area contributed by atoms with Crippen molar-refractivity contribution in [3.05, 3.63) is 29.8 Å². The van der Waals surface area contributed by atoms with Crippen molar-refractivity contribution in [1.29, 1.82) is 0 Å². The van der Waals surface area contributed by atoms with Crippen molar-refractivity contribution >= 4 is 23.8 Å². The number of nitrogens with zero attached hydrogens (tertiary/aromatic N) is 1. The molecular formula is C23H31N3O6. The van der Waals surface area contributed by atoms with E-state index in [0.717, 1.165) is 16.9 Å². The quantitative estimate of drug-likeness (QED) is 0.490. The molecule has 2 aliphatic rings. The fraction of sp³-hybridized carbons (Fsp3) is 0.565. The van der Waals surface area contributed by atoms with E-state index in [1.54, 1.807) is 19.2 Å². The first-order valence-electron chi connectivity index (χ1n) is 10.7. The molecule has 1 aromatic carbocycles. The highest BCUT2D eigenvalue weighted by Gasteiger charge is 2.56. The van der Waals surface area contributed by atoms with Crippen LogP contribution in [0.1, 0.15) is 45.6 Å². The highest BCUT2D eigenvalue weighted by Crippen LogP contribution is 2.46. The minimum Gasteiger partial charge on any atom is -0.497 e. The van der Waals surface area contributed by atoms with Crippen molar-refractivity contribution in [2.45, 2.75) is 52.1 Å². The van der Waals surface area contributed by atoms with Gasteiger partial charge in [0.15, 0.2) is 6.61 Å². The number of imide groups is 1. The minimum absolute atomic E-state index is 0.0981. The third kappa shape index (κ3) is 5.38. The van der Waals surface area contributed by atoms with Crippen LogP contribution in [0.2, 0.25) is 0 Å². The second-order valence-electron chi connectivity index (χ2n) is 9.54. The number of carbonyl (C=O) groups is 4. The molecule has 1 saturated carbocycles. The maximum atomic E-state index is 13.1. The Hall–Kier alpha value is -3.10. The molecule has 9 nitrogen and oxygen atoms in total. The van der Waals surface area contributed by atoms with Gasteiger partial charge in [-0.05, 0) is 48.3 Å². The fourth-order valence-corrected chi connectivity index (χ4v) is 4.97. The average molecular weight is 446 g/mol. The molecule has 3 rings (SSSR count). The highest BCUT2D eigenvalue weighted by atomic mass is 16.5. The zero-order chi connectivity index (χ0) is 23.5. The lowest BCUT2D eigenvalue weighted by molar-refractivity contribution is -0.151. The number of methoxy groups -OCH3 is 1. The average Bonchev–Trinajstić information content (AvgIpc) is 2.92. The molecule has 1 saturated heterocycles. The van der Waals surface area contributed by atoms with E-state index in [-0.39, 0.29) is 17.9 Å². The summed E-state index contributed by atoms with van der Waals surface area (Å²) in [5.41, 5.74) is -0.215. The number of carbonyl (C=O) groups excluding carboxylic acids is 4. The molecule has 2 fully saturated rings. The molecule has 1 heterocycles. The first kappa shape index (κ1) is 23.6. The van der Waals surface area contributed by atoms with Crippen LogP contribution in [0.15, 0.2) is 24.3 Å². The second-order valence-corrected chi connectivity index (χ2v) is 9.54. The van der Waals surface area contributed by atoms with Gasteiger partial charge in [0.2, 0.25) is 0 Å². The number of amides is 4. The number of hydrogen-bond acceptors (Lipinski definition) is 6. The van der Waals surface area contributed by atoms with Gasteiger partial charge in [0.25, 0.3) is 11.8 Å². The molecule has 1 aromatic rings. The van der Waals surface area contributed by atoms with E-state index in [9.17, 15) is 19.2 Å². The molecule has 2 atom stereocenters. The van der Waals surface area contributed by atoms with Crippen molar-refractivity contribution in [2.24, 2.45) is 11.3 Å². The van der Waals surface area contributed by atoms with E-state index in [2.05, 4.69) is 31.4 Å². The van der Waals surface area contributed by atoms with Crippen molar-refractivity contribution in [2.75, 3.05) is 20.3 Å². The van der Waals surface area contributed by atoms with Crippen molar-refractivity contribution < 1.29 is 28.7 Å². The molecule has 0 aromatic heterocycles. The molecule has 1 spiro atoms. The fourth-order valence-electron chi connectivity index (χ4n) is 4.97. The smallest absolute Gasteiger partial charge is 0.326 e. The number of nitrogens with one attached hydrogen (secondary N) is 2. The van der Waals surface area contributed by atoms with Crippen molar-refractivity contribution in [3.63, 3.8) is 0 Å². The Morgan fingerprint density at radius 2 is 1.88 bits per heavy atom. The number of rotatable bonds is 7. The molecule has 174 valence electrons. The van der Waals surface area contributed by atoms with Gasteiger partial charge < -0.3 is 20.1 Å². The number of esters is 1. The van der Waals surface area contributed by atoms with Crippen LogP contribution < -0.4 is 15.4 Å². The zero-order valence-corrected chi connectivity index (χ0v) is 19.0. The molecule has 0 bridgehead atoms. The van der Waals surface area contributed by atoms with Crippen molar-refractivity contribution in [1.82, 2.24) is 15.5 Å². The summed E-state index contributed by atoms with van der Waals surface area (Å²) in [4.78, 5) is 50.6. The minimum atomic E-state index is -0.978. The molecular weight excluding hydrogens is 414 g/mol. The van der Waals surface area contributed by atoms with E-state index < -0.39 is 42.5 Å². The molecule has 4 amide bonds. The largest absolute Gasteiger partial charge is 0.497 e. The highest BCUT2D eigenvalue weighted by molar-refractivity contribution is 6.08. The summed E-state index contributed by atoms with van der Waals surface area (Å²) in [7, 11) is 1.57. The van der Waals surface area contributed by atoms with Crippen LogP contribution in [0, 0.1) is 11.3 Å². The Balaban J connectivity index is 1.48. The summed E-state index contributed by atoms with van der Waals surface area (Å²) in [6, 6.07) is 6.58. The number of hydrogen-bond donors (Lipinski definition) is 2. The summed E-state index contributed by atoms with van der Waals surface area (Å²) < 4.78 is 10.1. The third-order valence-corrected chi connectivity index (χ3v) is 5.92. The van der Waals surface area contributed by atoms with E-state index in [0.29, 0.717) is 18.6 Å². The van der Waals surface area contributed by atoms with Gasteiger partial charge in [-0.2, -0.15) is 0 Å². The third-order valence-electron chi connectivity index (χ3n) is 5.92. The number of urea groups is 1. The predicted octanol–water partition coefficient (Wildman–Crippen LogP) is 1.99. The summed E-state index contributed by atoms with van der Waals surface area (Å²) in [5.74, 6) is -0.714. The van der Waals surface area contributed by atoms with Gasteiger partial charge >= 0.3 is 12.0 Å². The Labute approximate surface area is 187 Å². The molecule has 1 aliphatic carbocycles. The maximum absolute atomic E-state index is 13.1. The zero-order valence-electron chi connectivity index (χ0n) is 19.0. The van der Waals surface area contributed by atoms with Crippen LogP contribution in [-0.4, -0.2) is 54.5 Å². The normalized spacial score (nSPS) is 24.2. The monoisotopic (exact) mass is 445 g/mol. The van der Waals surface area contributed by atoms with Gasteiger partial charge in [-0.1, -0.05) is 32.9 Å². The van der Waals surface area contributed by atoms with Crippen LogP contribution in [-0.2, 0) is 25.7 Å². The van der Waals surface area contributed by atoms with E-state index >= 15 is 0 Å². The number of benzene rings is 1. The molecule has 2 N–H and O–H groups in total. The summed E-state index contributed by atoms with van der Waals surface area (Å²) in [5, 5.41) is 5.46. The van der Waals surface area contributed by atoms with Gasteiger partial charge in [0.1, 0.15) is 17.8 Å². The maximum Gasteiger partial charge on any atom is 0.326 e. The SMILES string of the molecule is COc1ccc(CNC(=O)COC(=O)CN2C(=O)NC3(CC(C)CC(C)(C)C3)C2=O)cc1. The Morgan fingerprint density at radius 1 is 1.19 bits per heavy atom. The predicted molar refractivity (Wildman–Crippen MR) is 116 cm³/mol. The van der Waals surface area contributed by atoms with Gasteiger partial charge in [-0.25, -0.2) is 4.79 Å². The Bertz CT molecular complexity index is 897. The lowest BCUT2D eigenvalue weighted by Gasteiger charge is -2.43. The molecule has 0 radical (unpaired) electrons. The Morgan fingerprint density at radius 3 is 2.50 bits per heavy atom. The number of ether oxygens (including phenoxy) is 2. The van der Waals surface area contributed by atoms with Crippen molar-refractivity contribution in [3.8, 4) is 5.75 Å². The molecule has 32 heavy (non-hydrogen) atoms. The topological polar surface area (TPSA) is 114 Å². The standard InChI is InChI=1S/C23H31N3O6/c1-15-9-22(2,3)14-23(10-15)20(29)26(21(30)25-23)12-19(28)32-13-18(27)24-11-16-5-7-17(31-4)8-6-16/h5-8,15H,9-14H2,1-4H3,(H,24,27)(H,25,30). The first-order chi connectivity index (χ1) is 15.0. The van der Waals surface area contributed by atoms with Gasteiger partial charge in [-0.3, -0.25) is 19.3 Å². The van der Waals surface area contributed by atoms with Gasteiger partial charge in [0.05, 0.1) is 7.11 Å². The second kappa shape index (κ2) is 9.18. The van der Waals surface area contributed by atoms with Crippen LogP contribution in [0.4, 0.5) is 4.79 Å². The van der Waals surface area contributed by atoms with E-state index in [4.69, 9.17) is 9.47 Å². The summed E-state index contributed by atoms with van der Waals surface area (Å²) in [6.45, 7) is 5.46. The summed E-state index contributed by atoms with van der Waals surface area (Å²) >= 11 is 0. The van der Waals surface area contributed by atoms with Crippen LogP contribution in [0.3, 0.4) is 0 Å². The van der Waals surface area contributed by atoms with Crippen LogP contribution >= 0.6 is 0 Å². The lowest BCUT2D eigenvalue weighted by Crippen LogP contribution is -2.54. The molecule has 1 aliphatic heterocycles. The van der Waals surface area contributed by atoms with Crippen LogP contribution in [0.5, 0.6) is 5.75 Å². The molecule has 9 heteroatoms. The first-order valence-corrected chi connectivity index (χ1v) is 10.7. The van der Waals surface area contributed by atoms with Crippen LogP contribution in [0.25, 0.3) is 0 Å². The Kier molecular flexibility index (Phi) is 6.76. The van der Waals surface area contributed by atoms with Gasteiger partial charge in [0, 0.05) is 6.54 Å². The summed E-state index contributed by atoms with van der Waals surface area (Å²) in [6.07, 6.45) is 2.03. The van der Waals surface area contributed by atoms with Gasteiger partial charge in [-0.15, -0.1) is 0 Å². The molecule has 2 unspecified atom stereocenters. The van der Waals surface area contributed by atoms with E-state index in [1.165, 1.54) is 0 Å².